The molecule has 2 heterocycles. The summed E-state index contributed by atoms with van der Waals surface area (Å²) >= 11 is 0. The van der Waals surface area contributed by atoms with Gasteiger partial charge in [-0.2, -0.15) is 0 Å². The summed E-state index contributed by atoms with van der Waals surface area (Å²) in [5, 5.41) is 9.24. The van der Waals surface area contributed by atoms with Crippen LogP contribution < -0.4 is 14.2 Å². The SMILES string of the molecule is C.Cc1ccc(COc2ccc3c(c2)OCC(CN2CCC=C(C(=O)O)C2)=C3)cc1OC(C)C.Cl. The van der Waals surface area contributed by atoms with Crippen LogP contribution in [0.2, 0.25) is 0 Å². The first kappa shape index (κ1) is 28.3. The fourth-order valence-corrected chi connectivity index (χ4v) is 4.04. The molecular formula is C28H36ClNO5. The number of carboxylic acids is 1. The largest absolute Gasteiger partial charge is 0.491 e. The van der Waals surface area contributed by atoms with Crippen LogP contribution in [0.25, 0.3) is 6.08 Å². The molecule has 0 atom stereocenters. The number of hydrogen-bond acceptors (Lipinski definition) is 5. The predicted molar refractivity (Wildman–Crippen MR) is 142 cm³/mol. The van der Waals surface area contributed by atoms with E-state index in [9.17, 15) is 9.90 Å². The van der Waals surface area contributed by atoms with E-state index in [0.717, 1.165) is 52.5 Å². The second-order valence-corrected chi connectivity index (χ2v) is 8.88. The zero-order valence-corrected chi connectivity index (χ0v) is 20.7. The number of aliphatic carboxylic acids is 1. The summed E-state index contributed by atoms with van der Waals surface area (Å²) in [6, 6.07) is 12.0. The zero-order valence-electron chi connectivity index (χ0n) is 19.9. The van der Waals surface area contributed by atoms with Crippen molar-refractivity contribution in [2.75, 3.05) is 26.2 Å². The molecule has 0 amide bonds. The van der Waals surface area contributed by atoms with Crippen molar-refractivity contribution in [1.29, 1.82) is 0 Å². The van der Waals surface area contributed by atoms with Crippen LogP contribution in [0.3, 0.4) is 0 Å². The van der Waals surface area contributed by atoms with Gasteiger partial charge in [-0.05, 0) is 68.2 Å². The van der Waals surface area contributed by atoms with Gasteiger partial charge in [-0.3, -0.25) is 4.90 Å². The monoisotopic (exact) mass is 501 g/mol. The van der Waals surface area contributed by atoms with Gasteiger partial charge in [0.05, 0.1) is 6.10 Å². The van der Waals surface area contributed by atoms with Gasteiger partial charge >= 0.3 is 5.97 Å². The Hall–Kier alpha value is -2.96. The molecule has 0 radical (unpaired) electrons. The lowest BCUT2D eigenvalue weighted by molar-refractivity contribution is -0.133. The maximum Gasteiger partial charge on any atom is 0.332 e. The van der Waals surface area contributed by atoms with Crippen molar-refractivity contribution in [2.45, 2.75) is 47.3 Å². The molecule has 7 heteroatoms. The summed E-state index contributed by atoms with van der Waals surface area (Å²) in [5.74, 6) is 1.61. The molecule has 4 rings (SSSR count). The summed E-state index contributed by atoms with van der Waals surface area (Å²) in [5.41, 5.74) is 4.78. The average molecular weight is 502 g/mol. The Balaban J connectivity index is 0.00000216. The van der Waals surface area contributed by atoms with E-state index in [2.05, 4.69) is 23.1 Å². The topological polar surface area (TPSA) is 68.2 Å². The second-order valence-electron chi connectivity index (χ2n) is 8.88. The van der Waals surface area contributed by atoms with Crippen LogP contribution in [-0.2, 0) is 11.4 Å². The smallest absolute Gasteiger partial charge is 0.332 e. The van der Waals surface area contributed by atoms with Gasteiger partial charge in [0.25, 0.3) is 0 Å². The molecule has 0 saturated carbocycles. The lowest BCUT2D eigenvalue weighted by Gasteiger charge is -2.28. The van der Waals surface area contributed by atoms with E-state index in [1.807, 2.05) is 51.1 Å². The highest BCUT2D eigenvalue weighted by atomic mass is 35.5. The molecule has 0 unspecified atom stereocenters. The Morgan fingerprint density at radius 2 is 2.00 bits per heavy atom. The highest BCUT2D eigenvalue weighted by molar-refractivity contribution is 5.87. The number of carboxylic acid groups (broad SMARTS) is 1. The van der Waals surface area contributed by atoms with Gasteiger partial charge < -0.3 is 19.3 Å². The van der Waals surface area contributed by atoms with Gasteiger partial charge in [0.15, 0.2) is 0 Å². The van der Waals surface area contributed by atoms with Crippen LogP contribution in [-0.4, -0.2) is 48.3 Å². The molecular weight excluding hydrogens is 466 g/mol. The second kappa shape index (κ2) is 12.7. The molecule has 1 N–H and O–H groups in total. The lowest BCUT2D eigenvalue weighted by atomic mass is 10.0. The van der Waals surface area contributed by atoms with Crippen molar-refractivity contribution in [3.8, 4) is 17.2 Å². The number of fused-ring (bicyclic) bond motifs is 1. The third-order valence-electron chi connectivity index (χ3n) is 5.71. The third kappa shape index (κ3) is 7.51. The average Bonchev–Trinajstić information content (AvgIpc) is 2.79. The van der Waals surface area contributed by atoms with Crippen LogP contribution >= 0.6 is 12.4 Å². The number of benzene rings is 2. The van der Waals surface area contributed by atoms with Crippen molar-refractivity contribution in [3.63, 3.8) is 0 Å². The van der Waals surface area contributed by atoms with Gasteiger partial charge in [-0.1, -0.05) is 25.6 Å². The number of rotatable bonds is 8. The predicted octanol–water partition coefficient (Wildman–Crippen LogP) is 5.91. The summed E-state index contributed by atoms with van der Waals surface area (Å²) in [4.78, 5) is 13.4. The Kier molecular flexibility index (Phi) is 10.2. The molecule has 0 saturated heterocycles. The molecule has 2 aromatic carbocycles. The van der Waals surface area contributed by atoms with Gasteiger partial charge in [0, 0.05) is 36.8 Å². The first-order valence-corrected chi connectivity index (χ1v) is 11.4. The van der Waals surface area contributed by atoms with E-state index in [4.69, 9.17) is 14.2 Å². The standard InChI is InChI=1S/C27H31NO5.CH4.ClH/c1-18(2)33-25-12-20(7-6-19(25)3)16-31-24-9-8-22-11-21(17-32-26(22)13-24)14-28-10-4-5-23(15-28)27(29)30;;/h5-9,11-13,18H,4,10,14-17H2,1-3H3,(H,29,30);1H4;1H. The Morgan fingerprint density at radius 3 is 2.74 bits per heavy atom. The quantitative estimate of drug-likeness (QED) is 0.485. The normalized spacial score (nSPS) is 15.0. The summed E-state index contributed by atoms with van der Waals surface area (Å²) in [6.07, 6.45) is 4.84. The summed E-state index contributed by atoms with van der Waals surface area (Å²) in [6.45, 7) is 9.05. The van der Waals surface area contributed by atoms with Crippen LogP contribution in [0.15, 0.2) is 53.6 Å². The Labute approximate surface area is 214 Å². The number of ether oxygens (including phenoxy) is 3. The van der Waals surface area contributed by atoms with Gasteiger partial charge in [-0.15, -0.1) is 12.4 Å². The molecule has 2 aliphatic heterocycles. The highest BCUT2D eigenvalue weighted by Crippen LogP contribution is 2.31. The van der Waals surface area contributed by atoms with E-state index in [-0.39, 0.29) is 25.9 Å². The number of halogens is 1. The van der Waals surface area contributed by atoms with Gasteiger partial charge in [0.2, 0.25) is 0 Å². The van der Waals surface area contributed by atoms with Crippen LogP contribution in [0.5, 0.6) is 17.2 Å². The maximum atomic E-state index is 11.3. The van der Waals surface area contributed by atoms with Crippen molar-refractivity contribution in [3.05, 3.63) is 70.3 Å². The molecule has 2 aromatic rings. The molecule has 0 bridgehead atoms. The first-order valence-electron chi connectivity index (χ1n) is 11.4. The van der Waals surface area contributed by atoms with Crippen molar-refractivity contribution >= 4 is 24.5 Å². The molecule has 0 aromatic heterocycles. The van der Waals surface area contributed by atoms with E-state index >= 15 is 0 Å². The van der Waals surface area contributed by atoms with Crippen LogP contribution in [0, 0.1) is 6.92 Å². The minimum atomic E-state index is -0.833. The zero-order chi connectivity index (χ0) is 23.4. The van der Waals surface area contributed by atoms with Crippen molar-refractivity contribution in [1.82, 2.24) is 4.90 Å². The van der Waals surface area contributed by atoms with E-state index in [0.29, 0.717) is 31.9 Å². The molecule has 0 fully saturated rings. The molecule has 0 spiro atoms. The third-order valence-corrected chi connectivity index (χ3v) is 5.71. The molecule has 35 heavy (non-hydrogen) atoms. The number of hydrogen-bond donors (Lipinski definition) is 1. The highest BCUT2D eigenvalue weighted by Gasteiger charge is 2.20. The first-order chi connectivity index (χ1) is 15.9. The lowest BCUT2D eigenvalue weighted by Crippen LogP contribution is -2.34. The van der Waals surface area contributed by atoms with Crippen molar-refractivity contribution < 1.29 is 24.1 Å². The summed E-state index contributed by atoms with van der Waals surface area (Å²) in [7, 11) is 0. The van der Waals surface area contributed by atoms with E-state index in [1.54, 1.807) is 0 Å². The van der Waals surface area contributed by atoms with Crippen molar-refractivity contribution in [2.24, 2.45) is 0 Å². The number of carbonyl (C=O) groups is 1. The number of nitrogens with zero attached hydrogens (tertiary/aromatic N) is 1. The van der Waals surface area contributed by atoms with Crippen LogP contribution in [0.4, 0.5) is 0 Å². The number of aryl methyl sites for hydroxylation is 1. The molecule has 190 valence electrons. The fourth-order valence-electron chi connectivity index (χ4n) is 4.04. The fraction of sp³-hybridized carbons (Fsp3) is 0.393. The molecule has 0 aliphatic carbocycles. The molecule has 2 aliphatic rings. The van der Waals surface area contributed by atoms with E-state index < -0.39 is 5.97 Å². The van der Waals surface area contributed by atoms with E-state index in [1.165, 1.54) is 0 Å². The minimum absolute atomic E-state index is 0. The van der Waals surface area contributed by atoms with Gasteiger partial charge in [0.1, 0.15) is 30.5 Å². The van der Waals surface area contributed by atoms with Gasteiger partial charge in [-0.25, -0.2) is 4.79 Å². The summed E-state index contributed by atoms with van der Waals surface area (Å²) < 4.78 is 17.9. The molecule has 6 nitrogen and oxygen atoms in total. The Morgan fingerprint density at radius 1 is 1.20 bits per heavy atom. The Bertz CT molecular complexity index is 1090. The minimum Gasteiger partial charge on any atom is -0.491 e. The maximum absolute atomic E-state index is 11.3. The van der Waals surface area contributed by atoms with Crippen LogP contribution in [0.1, 0.15) is 44.4 Å².